The largest absolute Gasteiger partial charge is 0.381 e. The standard InChI is InChI=1S/C11H13Cl2NOS/c12-8-1-2-10(13)11(7-8)14-9-3-5-16(15)6-4-9/h1-2,7,9,14H,3-6H2. The predicted molar refractivity (Wildman–Crippen MR) is 71.0 cm³/mol. The molecule has 1 aliphatic rings. The first-order valence-electron chi connectivity index (χ1n) is 5.22. The van der Waals surface area contributed by atoms with E-state index in [0.717, 1.165) is 30.0 Å². The van der Waals surface area contributed by atoms with Gasteiger partial charge in [0, 0.05) is 33.4 Å². The van der Waals surface area contributed by atoms with Gasteiger partial charge in [-0.2, -0.15) is 0 Å². The molecule has 1 aliphatic heterocycles. The minimum absolute atomic E-state index is 0.355. The number of hydrogen-bond donors (Lipinski definition) is 1. The summed E-state index contributed by atoms with van der Waals surface area (Å²) in [5.74, 6) is 1.55. The van der Waals surface area contributed by atoms with E-state index in [2.05, 4.69) is 5.32 Å². The monoisotopic (exact) mass is 277 g/mol. The number of anilines is 1. The first-order chi connectivity index (χ1) is 7.65. The number of rotatable bonds is 2. The second-order valence-corrected chi connectivity index (χ2v) is 6.43. The summed E-state index contributed by atoms with van der Waals surface area (Å²) >= 11 is 12.0. The first kappa shape index (κ1) is 12.2. The van der Waals surface area contributed by atoms with Crippen molar-refractivity contribution in [1.82, 2.24) is 0 Å². The fraction of sp³-hybridized carbons (Fsp3) is 0.455. The van der Waals surface area contributed by atoms with Crippen LogP contribution in [0.2, 0.25) is 10.0 Å². The average Bonchev–Trinajstić information content (AvgIpc) is 2.27. The van der Waals surface area contributed by atoms with Crippen LogP contribution >= 0.6 is 23.2 Å². The zero-order valence-corrected chi connectivity index (χ0v) is 11.0. The van der Waals surface area contributed by atoms with Crippen molar-refractivity contribution in [2.45, 2.75) is 18.9 Å². The highest BCUT2D eigenvalue weighted by molar-refractivity contribution is 7.85. The van der Waals surface area contributed by atoms with Gasteiger partial charge in [0.2, 0.25) is 0 Å². The summed E-state index contributed by atoms with van der Waals surface area (Å²) in [6.07, 6.45) is 1.85. The van der Waals surface area contributed by atoms with Gasteiger partial charge in [-0.3, -0.25) is 4.21 Å². The minimum atomic E-state index is -0.628. The van der Waals surface area contributed by atoms with E-state index in [9.17, 15) is 4.21 Å². The van der Waals surface area contributed by atoms with Crippen LogP contribution in [0.4, 0.5) is 5.69 Å². The second-order valence-electron chi connectivity index (χ2n) is 3.89. The highest BCUT2D eigenvalue weighted by atomic mass is 35.5. The Hall–Kier alpha value is -0.250. The van der Waals surface area contributed by atoms with Crippen molar-refractivity contribution < 1.29 is 4.21 Å². The average molecular weight is 278 g/mol. The molecule has 0 amide bonds. The normalized spacial score (nSPS) is 25.4. The molecule has 0 aromatic heterocycles. The lowest BCUT2D eigenvalue weighted by atomic mass is 10.1. The molecule has 1 N–H and O–H groups in total. The van der Waals surface area contributed by atoms with Crippen LogP contribution in [0.15, 0.2) is 18.2 Å². The Morgan fingerprint density at radius 2 is 1.94 bits per heavy atom. The van der Waals surface area contributed by atoms with Crippen LogP contribution < -0.4 is 5.32 Å². The Kier molecular flexibility index (Phi) is 4.11. The van der Waals surface area contributed by atoms with Gasteiger partial charge >= 0.3 is 0 Å². The lowest BCUT2D eigenvalue weighted by Crippen LogP contribution is -2.29. The molecule has 0 radical (unpaired) electrons. The molecule has 2 nitrogen and oxygen atoms in total. The summed E-state index contributed by atoms with van der Waals surface area (Å²) < 4.78 is 11.2. The van der Waals surface area contributed by atoms with Crippen LogP contribution in [-0.4, -0.2) is 21.8 Å². The molecule has 5 heteroatoms. The molecule has 0 bridgehead atoms. The van der Waals surface area contributed by atoms with Crippen LogP contribution in [0.3, 0.4) is 0 Å². The van der Waals surface area contributed by atoms with Gasteiger partial charge in [-0.15, -0.1) is 0 Å². The van der Waals surface area contributed by atoms with Gasteiger partial charge in [-0.25, -0.2) is 0 Å². The molecule has 1 aromatic rings. The number of hydrogen-bond acceptors (Lipinski definition) is 2. The molecule has 0 aliphatic carbocycles. The summed E-state index contributed by atoms with van der Waals surface area (Å²) in [6.45, 7) is 0. The van der Waals surface area contributed by atoms with E-state index >= 15 is 0 Å². The van der Waals surface area contributed by atoms with E-state index in [4.69, 9.17) is 23.2 Å². The summed E-state index contributed by atoms with van der Waals surface area (Å²) in [7, 11) is -0.628. The van der Waals surface area contributed by atoms with Gasteiger partial charge < -0.3 is 5.32 Å². The Balaban J connectivity index is 2.03. The molecular weight excluding hydrogens is 265 g/mol. The van der Waals surface area contributed by atoms with Gasteiger partial charge in [-0.1, -0.05) is 23.2 Å². The van der Waals surface area contributed by atoms with Crippen LogP contribution in [0, 0.1) is 0 Å². The second kappa shape index (κ2) is 5.39. The highest BCUT2D eigenvalue weighted by Crippen LogP contribution is 2.27. The van der Waals surface area contributed by atoms with Crippen molar-refractivity contribution in [3.63, 3.8) is 0 Å². The number of nitrogens with one attached hydrogen (secondary N) is 1. The van der Waals surface area contributed by atoms with Gasteiger partial charge in [-0.05, 0) is 31.0 Å². The van der Waals surface area contributed by atoms with Crippen molar-refractivity contribution in [3.8, 4) is 0 Å². The maximum Gasteiger partial charge on any atom is 0.0638 e. The van der Waals surface area contributed by atoms with Crippen molar-refractivity contribution in [2.75, 3.05) is 16.8 Å². The predicted octanol–water partition coefficient (Wildman–Crippen LogP) is 3.32. The minimum Gasteiger partial charge on any atom is -0.381 e. The SMILES string of the molecule is O=S1CCC(Nc2cc(Cl)ccc2Cl)CC1. The van der Waals surface area contributed by atoms with Crippen molar-refractivity contribution in [3.05, 3.63) is 28.2 Å². The van der Waals surface area contributed by atoms with Crippen LogP contribution in [-0.2, 0) is 10.8 Å². The molecular formula is C11H13Cl2NOS. The molecule has 1 fully saturated rings. The molecule has 1 aromatic carbocycles. The summed E-state index contributed by atoms with van der Waals surface area (Å²) in [5.41, 5.74) is 0.867. The van der Waals surface area contributed by atoms with Crippen LogP contribution in [0.5, 0.6) is 0 Å². The van der Waals surface area contributed by atoms with E-state index in [-0.39, 0.29) is 0 Å². The Bertz CT molecular complexity index is 401. The third-order valence-electron chi connectivity index (χ3n) is 2.68. The topological polar surface area (TPSA) is 29.1 Å². The van der Waals surface area contributed by atoms with E-state index in [1.807, 2.05) is 6.07 Å². The highest BCUT2D eigenvalue weighted by Gasteiger charge is 2.18. The molecule has 16 heavy (non-hydrogen) atoms. The zero-order valence-electron chi connectivity index (χ0n) is 8.71. The van der Waals surface area contributed by atoms with Crippen molar-refractivity contribution in [1.29, 1.82) is 0 Å². The third kappa shape index (κ3) is 3.12. The van der Waals surface area contributed by atoms with Gasteiger partial charge in [0.1, 0.15) is 0 Å². The number of halogens is 2. The van der Waals surface area contributed by atoms with Crippen LogP contribution in [0.1, 0.15) is 12.8 Å². The number of benzene rings is 1. The van der Waals surface area contributed by atoms with Crippen molar-refractivity contribution in [2.24, 2.45) is 0 Å². The molecule has 1 heterocycles. The fourth-order valence-corrected chi connectivity index (χ4v) is 3.41. The smallest absolute Gasteiger partial charge is 0.0638 e. The van der Waals surface area contributed by atoms with Gasteiger partial charge in [0.25, 0.3) is 0 Å². The Labute approximate surface area is 108 Å². The summed E-state index contributed by atoms with van der Waals surface area (Å²) in [5, 5.41) is 4.71. The van der Waals surface area contributed by atoms with E-state index in [1.165, 1.54) is 0 Å². The molecule has 1 saturated heterocycles. The summed E-state index contributed by atoms with van der Waals surface area (Å²) in [4.78, 5) is 0. The zero-order chi connectivity index (χ0) is 11.5. The molecule has 2 rings (SSSR count). The molecule has 0 saturated carbocycles. The van der Waals surface area contributed by atoms with E-state index < -0.39 is 10.8 Å². The Morgan fingerprint density at radius 1 is 1.25 bits per heavy atom. The lowest BCUT2D eigenvalue weighted by molar-refractivity contribution is 0.624. The molecule has 0 unspecified atom stereocenters. The third-order valence-corrected chi connectivity index (χ3v) is 4.62. The quantitative estimate of drug-likeness (QED) is 0.899. The maximum absolute atomic E-state index is 11.2. The first-order valence-corrected chi connectivity index (χ1v) is 7.46. The van der Waals surface area contributed by atoms with Gasteiger partial charge in [0.15, 0.2) is 0 Å². The van der Waals surface area contributed by atoms with Crippen LogP contribution in [0.25, 0.3) is 0 Å². The molecule has 0 spiro atoms. The molecule has 0 atom stereocenters. The maximum atomic E-state index is 11.2. The molecule has 88 valence electrons. The van der Waals surface area contributed by atoms with E-state index in [1.54, 1.807) is 12.1 Å². The lowest BCUT2D eigenvalue weighted by Gasteiger charge is -2.24. The Morgan fingerprint density at radius 3 is 2.62 bits per heavy atom. The van der Waals surface area contributed by atoms with E-state index in [0.29, 0.717) is 16.1 Å². The van der Waals surface area contributed by atoms with Crippen molar-refractivity contribution >= 4 is 39.7 Å². The fourth-order valence-electron chi connectivity index (χ4n) is 1.77. The van der Waals surface area contributed by atoms with Gasteiger partial charge in [0.05, 0.1) is 10.7 Å². The summed E-state index contributed by atoms with van der Waals surface area (Å²) in [6, 6.07) is 5.74.